The molecule has 1 aromatic rings. The van der Waals surface area contributed by atoms with E-state index in [-0.39, 0.29) is 5.97 Å². The number of hydrogen-bond donors (Lipinski definition) is 0. The van der Waals surface area contributed by atoms with E-state index in [4.69, 9.17) is 9.47 Å². The maximum atomic E-state index is 11.9. The first-order valence-electron chi connectivity index (χ1n) is 7.04. The van der Waals surface area contributed by atoms with Crippen LogP contribution in [0.4, 0.5) is 5.69 Å². The minimum Gasteiger partial charge on any atom is -0.465 e. The van der Waals surface area contributed by atoms with E-state index in [1.165, 1.54) is 7.11 Å². The topological polar surface area (TPSA) is 38.8 Å². The van der Waals surface area contributed by atoms with Crippen LogP contribution in [-0.4, -0.2) is 39.4 Å². The molecule has 20 heavy (non-hydrogen) atoms. The molecule has 1 heterocycles. The number of hydrogen-bond acceptors (Lipinski definition) is 4. The summed E-state index contributed by atoms with van der Waals surface area (Å²) in [5.74, 6) is -0.271. The van der Waals surface area contributed by atoms with E-state index in [9.17, 15) is 4.79 Å². The summed E-state index contributed by atoms with van der Waals surface area (Å²) in [7, 11) is 3.52. The summed E-state index contributed by atoms with van der Waals surface area (Å²) < 4.78 is 10.3. The molecular formula is C16H23NO3. The summed E-state index contributed by atoms with van der Waals surface area (Å²) in [6.45, 7) is 5.61. The number of carbonyl (C=O) groups excluding carboxylic acids is 1. The van der Waals surface area contributed by atoms with E-state index in [0.717, 1.165) is 42.9 Å². The fourth-order valence-electron chi connectivity index (χ4n) is 2.80. The molecule has 0 spiro atoms. The van der Waals surface area contributed by atoms with Crippen LogP contribution in [0.25, 0.3) is 0 Å². The summed E-state index contributed by atoms with van der Waals surface area (Å²) >= 11 is 0. The van der Waals surface area contributed by atoms with Crippen molar-refractivity contribution in [1.82, 2.24) is 0 Å². The van der Waals surface area contributed by atoms with E-state index < -0.39 is 0 Å². The molecule has 0 aromatic heterocycles. The predicted octanol–water partition coefficient (Wildman–Crippen LogP) is 2.71. The normalized spacial score (nSPS) is 16.0. The number of carbonyl (C=O) groups is 1. The highest BCUT2D eigenvalue weighted by molar-refractivity contribution is 5.93. The fraction of sp³-hybridized carbons (Fsp3) is 0.562. The molecule has 0 saturated carbocycles. The van der Waals surface area contributed by atoms with Gasteiger partial charge < -0.3 is 14.4 Å². The van der Waals surface area contributed by atoms with Gasteiger partial charge in [0.1, 0.15) is 0 Å². The Labute approximate surface area is 120 Å². The third-order valence-electron chi connectivity index (χ3n) is 4.05. The Hall–Kier alpha value is -1.55. The van der Waals surface area contributed by atoms with Crippen molar-refractivity contribution < 1.29 is 14.3 Å². The first-order chi connectivity index (χ1) is 9.54. The fourth-order valence-corrected chi connectivity index (χ4v) is 2.80. The van der Waals surface area contributed by atoms with Gasteiger partial charge >= 0.3 is 5.97 Å². The highest BCUT2D eigenvalue weighted by Crippen LogP contribution is 2.28. The lowest BCUT2D eigenvalue weighted by Gasteiger charge is -2.34. The molecule has 1 aliphatic rings. The lowest BCUT2D eigenvalue weighted by molar-refractivity contribution is 0.0599. The second-order valence-corrected chi connectivity index (χ2v) is 5.40. The molecule has 0 aliphatic carbocycles. The molecule has 0 radical (unpaired) electrons. The summed E-state index contributed by atoms with van der Waals surface area (Å²) in [5, 5.41) is 0. The van der Waals surface area contributed by atoms with Crippen LogP contribution in [0.15, 0.2) is 12.1 Å². The van der Waals surface area contributed by atoms with Gasteiger partial charge in [-0.05, 0) is 49.9 Å². The van der Waals surface area contributed by atoms with Gasteiger partial charge in [0.25, 0.3) is 0 Å². The van der Waals surface area contributed by atoms with E-state index in [0.29, 0.717) is 11.6 Å². The van der Waals surface area contributed by atoms with Crippen LogP contribution in [0.3, 0.4) is 0 Å². The molecule has 0 atom stereocenters. The monoisotopic (exact) mass is 277 g/mol. The first kappa shape index (κ1) is 14.9. The van der Waals surface area contributed by atoms with Crippen LogP contribution in [0.5, 0.6) is 0 Å². The molecular weight excluding hydrogens is 254 g/mol. The molecule has 4 nitrogen and oxygen atoms in total. The van der Waals surface area contributed by atoms with Crippen molar-refractivity contribution in [2.45, 2.75) is 32.7 Å². The average molecular weight is 277 g/mol. The van der Waals surface area contributed by atoms with Crippen LogP contribution in [0.2, 0.25) is 0 Å². The van der Waals surface area contributed by atoms with Gasteiger partial charge in [-0.25, -0.2) is 4.79 Å². The largest absolute Gasteiger partial charge is 0.465 e. The van der Waals surface area contributed by atoms with E-state index in [1.54, 1.807) is 0 Å². The maximum absolute atomic E-state index is 11.9. The van der Waals surface area contributed by atoms with Crippen molar-refractivity contribution in [2.75, 3.05) is 32.3 Å². The van der Waals surface area contributed by atoms with Crippen LogP contribution in [0.1, 0.15) is 34.3 Å². The number of benzene rings is 1. The first-order valence-corrected chi connectivity index (χ1v) is 7.04. The Morgan fingerprint density at radius 2 is 1.95 bits per heavy atom. The molecule has 0 unspecified atom stereocenters. The zero-order chi connectivity index (χ0) is 14.7. The number of methoxy groups -OCH3 is 1. The highest BCUT2D eigenvalue weighted by Gasteiger charge is 2.22. The van der Waals surface area contributed by atoms with Crippen molar-refractivity contribution in [3.8, 4) is 0 Å². The molecule has 1 aromatic carbocycles. The van der Waals surface area contributed by atoms with Crippen molar-refractivity contribution in [2.24, 2.45) is 0 Å². The third kappa shape index (κ3) is 2.96. The van der Waals surface area contributed by atoms with Gasteiger partial charge in [0.2, 0.25) is 0 Å². The zero-order valence-corrected chi connectivity index (χ0v) is 12.7. The molecule has 1 fully saturated rings. The number of aryl methyl sites for hydroxylation is 1. The minimum atomic E-state index is -0.271. The van der Waals surface area contributed by atoms with Crippen LogP contribution < -0.4 is 4.90 Å². The summed E-state index contributed by atoms with van der Waals surface area (Å²) in [6, 6.07) is 4.49. The van der Waals surface area contributed by atoms with E-state index >= 15 is 0 Å². The molecule has 1 saturated heterocycles. The van der Waals surface area contributed by atoms with Gasteiger partial charge in [0, 0.05) is 32.0 Å². The lowest BCUT2D eigenvalue weighted by atomic mass is 10.00. The molecule has 110 valence electrons. The van der Waals surface area contributed by atoms with Gasteiger partial charge in [-0.1, -0.05) is 0 Å². The Kier molecular flexibility index (Phi) is 4.65. The highest BCUT2D eigenvalue weighted by atomic mass is 16.5. The summed E-state index contributed by atoms with van der Waals surface area (Å²) in [6.07, 6.45) is 2.05. The number of esters is 1. The molecule has 1 aliphatic heterocycles. The second kappa shape index (κ2) is 6.27. The Morgan fingerprint density at radius 1 is 1.30 bits per heavy atom. The number of ether oxygens (including phenoxy) is 2. The van der Waals surface area contributed by atoms with E-state index in [1.807, 2.05) is 19.9 Å². The SMILES string of the molecule is COC(=O)c1cc(C)cc(N(C)C2CCOCC2)c1C. The summed E-state index contributed by atoms with van der Waals surface area (Å²) in [5.41, 5.74) is 3.82. The average Bonchev–Trinajstić information content (AvgIpc) is 2.48. The maximum Gasteiger partial charge on any atom is 0.338 e. The van der Waals surface area contributed by atoms with Crippen LogP contribution >= 0.6 is 0 Å². The van der Waals surface area contributed by atoms with Crippen molar-refractivity contribution >= 4 is 11.7 Å². The van der Waals surface area contributed by atoms with Crippen LogP contribution in [0, 0.1) is 13.8 Å². The Balaban J connectivity index is 2.35. The predicted molar refractivity (Wildman–Crippen MR) is 79.5 cm³/mol. The number of anilines is 1. The van der Waals surface area contributed by atoms with Gasteiger partial charge in [-0.3, -0.25) is 0 Å². The zero-order valence-electron chi connectivity index (χ0n) is 12.7. The molecule has 4 heteroatoms. The van der Waals surface area contributed by atoms with Crippen molar-refractivity contribution in [3.63, 3.8) is 0 Å². The van der Waals surface area contributed by atoms with Gasteiger partial charge in [-0.2, -0.15) is 0 Å². The Morgan fingerprint density at radius 3 is 2.55 bits per heavy atom. The quantitative estimate of drug-likeness (QED) is 0.796. The molecule has 0 bridgehead atoms. The Bertz CT molecular complexity index is 493. The van der Waals surface area contributed by atoms with Gasteiger partial charge in [-0.15, -0.1) is 0 Å². The number of nitrogens with zero attached hydrogens (tertiary/aromatic N) is 1. The third-order valence-corrected chi connectivity index (χ3v) is 4.05. The summed E-state index contributed by atoms with van der Waals surface area (Å²) in [4.78, 5) is 14.2. The lowest BCUT2D eigenvalue weighted by Crippen LogP contribution is -2.37. The van der Waals surface area contributed by atoms with E-state index in [2.05, 4.69) is 18.0 Å². The smallest absolute Gasteiger partial charge is 0.338 e. The van der Waals surface area contributed by atoms with Crippen molar-refractivity contribution in [3.05, 3.63) is 28.8 Å². The van der Waals surface area contributed by atoms with Crippen molar-refractivity contribution in [1.29, 1.82) is 0 Å². The molecule has 0 amide bonds. The van der Waals surface area contributed by atoms with Crippen LogP contribution in [-0.2, 0) is 9.47 Å². The standard InChI is InChI=1S/C16H23NO3/c1-11-9-14(16(18)19-4)12(2)15(10-11)17(3)13-5-7-20-8-6-13/h9-10,13H,5-8H2,1-4H3. The number of rotatable bonds is 3. The molecule has 0 N–H and O–H groups in total. The van der Waals surface area contributed by atoms with Gasteiger partial charge in [0.15, 0.2) is 0 Å². The second-order valence-electron chi connectivity index (χ2n) is 5.40. The minimum absolute atomic E-state index is 0.271. The molecule has 2 rings (SSSR count). The van der Waals surface area contributed by atoms with Gasteiger partial charge in [0.05, 0.1) is 12.7 Å².